The number of carbonyl (C=O) groups excluding carboxylic acids is 2. The first-order chi connectivity index (χ1) is 13.0. The van der Waals surface area contributed by atoms with Gasteiger partial charge in [-0.1, -0.05) is 16.8 Å². The fraction of sp³-hybridized carbons (Fsp3) is 0.421. The number of benzene rings is 1. The normalized spacial score (nSPS) is 25.2. The third kappa shape index (κ3) is 3.32. The van der Waals surface area contributed by atoms with Gasteiger partial charge in [0.2, 0.25) is 5.91 Å². The van der Waals surface area contributed by atoms with Gasteiger partial charge in [-0.25, -0.2) is 4.39 Å². The van der Waals surface area contributed by atoms with E-state index in [0.29, 0.717) is 25.1 Å². The molecule has 6 nitrogen and oxygen atoms in total. The largest absolute Gasteiger partial charge is 0.364 e. The van der Waals surface area contributed by atoms with Gasteiger partial charge in [0.05, 0.1) is 16.1 Å². The number of carbonyl (C=O) groups is 2. The van der Waals surface area contributed by atoms with Crippen molar-refractivity contribution in [2.24, 2.45) is 5.41 Å². The second-order valence-electron chi connectivity index (χ2n) is 7.22. The van der Waals surface area contributed by atoms with Crippen LogP contribution in [-0.2, 0) is 4.79 Å². The fourth-order valence-corrected chi connectivity index (χ4v) is 4.39. The van der Waals surface area contributed by atoms with Crippen LogP contribution >= 0.6 is 11.6 Å². The second-order valence-corrected chi connectivity index (χ2v) is 7.62. The zero-order valence-corrected chi connectivity index (χ0v) is 15.3. The number of nitrogens with zero attached hydrogens (tertiary/aromatic N) is 2. The van der Waals surface area contributed by atoms with Gasteiger partial charge in [-0.15, -0.1) is 0 Å². The Balaban J connectivity index is 1.41. The third-order valence-electron chi connectivity index (χ3n) is 5.66. The molecule has 4 rings (SSSR count). The smallest absolute Gasteiger partial charge is 0.273 e. The Hall–Kier alpha value is -2.41. The van der Waals surface area contributed by atoms with Gasteiger partial charge >= 0.3 is 0 Å². The predicted octanol–water partition coefficient (Wildman–Crippen LogP) is 3.56. The first kappa shape index (κ1) is 18.0. The van der Waals surface area contributed by atoms with Crippen LogP contribution in [0.4, 0.5) is 10.1 Å². The molecule has 2 aromatic rings. The van der Waals surface area contributed by atoms with Gasteiger partial charge in [0.15, 0.2) is 5.69 Å². The summed E-state index contributed by atoms with van der Waals surface area (Å²) in [6, 6.07) is 5.63. The highest BCUT2D eigenvalue weighted by atomic mass is 35.5. The number of hydrogen-bond acceptors (Lipinski definition) is 4. The monoisotopic (exact) mass is 391 g/mol. The topological polar surface area (TPSA) is 75.4 Å². The first-order valence-electron chi connectivity index (χ1n) is 8.97. The molecule has 0 atom stereocenters. The van der Waals surface area contributed by atoms with Crippen LogP contribution in [0.3, 0.4) is 0 Å². The summed E-state index contributed by atoms with van der Waals surface area (Å²) in [5.41, 5.74) is 0.387. The van der Waals surface area contributed by atoms with Crippen molar-refractivity contribution in [1.29, 1.82) is 0 Å². The van der Waals surface area contributed by atoms with E-state index in [1.807, 2.05) is 0 Å². The van der Waals surface area contributed by atoms with E-state index >= 15 is 0 Å². The van der Waals surface area contributed by atoms with Crippen molar-refractivity contribution in [1.82, 2.24) is 10.5 Å². The molecule has 2 aliphatic rings. The zero-order chi connectivity index (χ0) is 19.0. The lowest BCUT2D eigenvalue weighted by Gasteiger charge is -2.36. The zero-order valence-electron chi connectivity index (χ0n) is 14.6. The summed E-state index contributed by atoms with van der Waals surface area (Å²) in [7, 11) is 0. The number of amides is 2. The highest BCUT2D eigenvalue weighted by molar-refractivity contribution is 6.34. The Morgan fingerprint density at radius 2 is 2.07 bits per heavy atom. The summed E-state index contributed by atoms with van der Waals surface area (Å²) in [5, 5.41) is 6.83. The van der Waals surface area contributed by atoms with Crippen LogP contribution in [0.25, 0.3) is 0 Å². The van der Waals surface area contributed by atoms with Gasteiger partial charge in [0.1, 0.15) is 12.1 Å². The molecule has 1 spiro atoms. The molecule has 1 aromatic carbocycles. The van der Waals surface area contributed by atoms with Gasteiger partial charge in [0, 0.05) is 18.7 Å². The van der Waals surface area contributed by atoms with Gasteiger partial charge in [-0.05, 0) is 50.3 Å². The average Bonchev–Trinajstić information content (AvgIpc) is 3.28. The Kier molecular flexibility index (Phi) is 4.63. The van der Waals surface area contributed by atoms with E-state index in [9.17, 15) is 14.0 Å². The van der Waals surface area contributed by atoms with Crippen LogP contribution in [0.15, 0.2) is 35.1 Å². The van der Waals surface area contributed by atoms with Crippen LogP contribution in [0.5, 0.6) is 0 Å². The van der Waals surface area contributed by atoms with Crippen molar-refractivity contribution in [3.63, 3.8) is 0 Å². The van der Waals surface area contributed by atoms with Crippen molar-refractivity contribution in [2.45, 2.75) is 38.1 Å². The lowest BCUT2D eigenvalue weighted by Crippen LogP contribution is -2.44. The molecule has 1 aliphatic heterocycles. The molecule has 0 bridgehead atoms. The molecule has 1 N–H and O–H groups in total. The van der Waals surface area contributed by atoms with Crippen molar-refractivity contribution >= 4 is 29.1 Å². The average molecular weight is 392 g/mol. The van der Waals surface area contributed by atoms with Gasteiger partial charge < -0.3 is 14.7 Å². The van der Waals surface area contributed by atoms with E-state index in [0.717, 1.165) is 19.3 Å². The minimum absolute atomic E-state index is 0.0103. The summed E-state index contributed by atoms with van der Waals surface area (Å²) in [6.07, 6.45) is 4.94. The maximum atomic E-state index is 13.3. The lowest BCUT2D eigenvalue weighted by atomic mass is 9.71. The number of hydrogen-bond donors (Lipinski definition) is 1. The van der Waals surface area contributed by atoms with Crippen LogP contribution < -0.4 is 10.2 Å². The van der Waals surface area contributed by atoms with E-state index in [1.165, 1.54) is 24.5 Å². The number of rotatable bonds is 3. The maximum Gasteiger partial charge on any atom is 0.273 e. The van der Waals surface area contributed by atoms with E-state index in [4.69, 9.17) is 16.1 Å². The first-order valence-corrected chi connectivity index (χ1v) is 9.35. The summed E-state index contributed by atoms with van der Waals surface area (Å²) >= 11 is 6.14. The summed E-state index contributed by atoms with van der Waals surface area (Å²) in [4.78, 5) is 26.9. The van der Waals surface area contributed by atoms with E-state index in [-0.39, 0.29) is 28.6 Å². The maximum absolute atomic E-state index is 13.3. The molecule has 2 fully saturated rings. The van der Waals surface area contributed by atoms with E-state index in [2.05, 4.69) is 10.5 Å². The molecule has 0 radical (unpaired) electrons. The second kappa shape index (κ2) is 6.96. The minimum Gasteiger partial charge on any atom is -0.364 e. The Labute approximate surface area is 160 Å². The Morgan fingerprint density at radius 1 is 1.30 bits per heavy atom. The van der Waals surface area contributed by atoms with Gasteiger partial charge in [0.25, 0.3) is 5.91 Å². The van der Waals surface area contributed by atoms with Crippen molar-refractivity contribution in [3.8, 4) is 0 Å². The molecule has 1 saturated heterocycles. The number of anilines is 1. The number of nitrogens with one attached hydrogen (secondary N) is 1. The molecule has 2 amide bonds. The minimum atomic E-state index is -0.424. The molecule has 1 saturated carbocycles. The highest BCUT2D eigenvalue weighted by Gasteiger charge is 2.49. The van der Waals surface area contributed by atoms with E-state index < -0.39 is 11.2 Å². The lowest BCUT2D eigenvalue weighted by molar-refractivity contribution is -0.127. The predicted molar refractivity (Wildman–Crippen MR) is 97.0 cm³/mol. The molecule has 1 aliphatic carbocycles. The van der Waals surface area contributed by atoms with Crippen LogP contribution in [0.2, 0.25) is 5.02 Å². The molecule has 8 heteroatoms. The highest BCUT2D eigenvalue weighted by Crippen LogP contribution is 2.47. The summed E-state index contributed by atoms with van der Waals surface area (Å²) < 4.78 is 18.0. The molecule has 0 unspecified atom stereocenters. The fourth-order valence-electron chi connectivity index (χ4n) is 4.12. The number of aromatic nitrogens is 1. The van der Waals surface area contributed by atoms with Crippen molar-refractivity contribution in [3.05, 3.63) is 47.1 Å². The van der Waals surface area contributed by atoms with Crippen molar-refractivity contribution in [2.75, 3.05) is 11.4 Å². The molecule has 27 heavy (non-hydrogen) atoms. The quantitative estimate of drug-likeness (QED) is 0.868. The molecule has 1 aromatic heterocycles. The molecule has 142 valence electrons. The molecular weight excluding hydrogens is 373 g/mol. The number of halogens is 2. The van der Waals surface area contributed by atoms with Crippen LogP contribution in [0, 0.1) is 11.2 Å². The summed E-state index contributed by atoms with van der Waals surface area (Å²) in [5.74, 6) is -0.645. The van der Waals surface area contributed by atoms with Crippen LogP contribution in [-0.4, -0.2) is 29.6 Å². The third-order valence-corrected chi connectivity index (χ3v) is 5.96. The molecular formula is C19H19ClFN3O3. The van der Waals surface area contributed by atoms with Gasteiger partial charge in [-0.3, -0.25) is 9.59 Å². The standard InChI is InChI=1S/C19H19ClFN3O3/c20-14-11-12(21)1-2-16(14)24-9-8-19(18(24)26)6-3-13(4-7-19)22-17(25)15-5-10-27-23-15/h1-2,5,10-11,13H,3-4,6-9H2,(H,22,25). The SMILES string of the molecule is O=C(NC1CCC2(CC1)CCN(c1ccc(F)cc1Cl)C2=O)c1ccon1. The van der Waals surface area contributed by atoms with E-state index in [1.54, 1.807) is 11.0 Å². The van der Waals surface area contributed by atoms with Crippen molar-refractivity contribution < 1.29 is 18.5 Å². The van der Waals surface area contributed by atoms with Crippen LogP contribution in [0.1, 0.15) is 42.6 Å². The summed E-state index contributed by atoms with van der Waals surface area (Å²) in [6.45, 7) is 0.570. The Morgan fingerprint density at radius 3 is 2.74 bits per heavy atom. The van der Waals surface area contributed by atoms with Gasteiger partial charge in [-0.2, -0.15) is 0 Å². The Bertz CT molecular complexity index is 863. The molecule has 2 heterocycles.